The second kappa shape index (κ2) is 4.48. The molecule has 14 heavy (non-hydrogen) atoms. The van der Waals surface area contributed by atoms with Crippen LogP contribution in [0, 0.1) is 5.92 Å². The van der Waals surface area contributed by atoms with Crippen LogP contribution >= 0.6 is 0 Å². The summed E-state index contributed by atoms with van der Waals surface area (Å²) in [7, 11) is 0. The molecule has 0 unspecified atom stereocenters. The smallest absolute Gasteiger partial charge is 0.0124 e. The summed E-state index contributed by atoms with van der Waals surface area (Å²) in [5.41, 5.74) is 0. The highest BCUT2D eigenvalue weighted by Crippen LogP contribution is 2.36. The predicted octanol–water partition coefficient (Wildman–Crippen LogP) is 3.22. The molecule has 2 fully saturated rings. The van der Waals surface area contributed by atoms with Gasteiger partial charge in [0.2, 0.25) is 0 Å². The Morgan fingerprint density at radius 1 is 1.36 bits per heavy atom. The average Bonchev–Trinajstić information content (AvgIpc) is 2.66. The minimum absolute atomic E-state index is 0.872. The molecule has 1 heteroatoms. The van der Waals surface area contributed by atoms with Crippen LogP contribution in [0.4, 0.5) is 0 Å². The maximum absolute atomic E-state index is 3.83. The largest absolute Gasteiger partial charge is 0.297 e. The van der Waals surface area contributed by atoms with E-state index in [-0.39, 0.29) is 0 Å². The van der Waals surface area contributed by atoms with Crippen molar-refractivity contribution in [3.63, 3.8) is 0 Å². The Labute approximate surface area is 88.2 Å². The van der Waals surface area contributed by atoms with Crippen molar-refractivity contribution in [2.45, 2.75) is 57.5 Å². The first-order chi connectivity index (χ1) is 6.83. The molecule has 2 saturated heterocycles. The zero-order valence-corrected chi connectivity index (χ0v) is 9.41. The van der Waals surface area contributed by atoms with Crippen LogP contribution in [0.15, 0.2) is 12.7 Å². The molecular formula is C13H23N. The Morgan fingerprint density at radius 3 is 3.00 bits per heavy atom. The summed E-state index contributed by atoms with van der Waals surface area (Å²) < 4.78 is 0. The summed E-state index contributed by atoms with van der Waals surface area (Å²) in [5.74, 6) is 0.942. The second-order valence-corrected chi connectivity index (χ2v) is 5.02. The van der Waals surface area contributed by atoms with Gasteiger partial charge in [0.1, 0.15) is 0 Å². The van der Waals surface area contributed by atoms with Crippen molar-refractivity contribution in [3.05, 3.63) is 12.7 Å². The van der Waals surface area contributed by atoms with E-state index >= 15 is 0 Å². The fraction of sp³-hybridized carbons (Fsp3) is 0.846. The van der Waals surface area contributed by atoms with Gasteiger partial charge in [0, 0.05) is 12.1 Å². The van der Waals surface area contributed by atoms with Crippen molar-refractivity contribution >= 4 is 0 Å². The number of piperidine rings is 1. The van der Waals surface area contributed by atoms with Crippen LogP contribution in [0.2, 0.25) is 0 Å². The topological polar surface area (TPSA) is 3.24 Å². The van der Waals surface area contributed by atoms with Crippen LogP contribution in [0.3, 0.4) is 0 Å². The summed E-state index contributed by atoms with van der Waals surface area (Å²) in [4.78, 5) is 2.79. The molecule has 0 aromatic rings. The Kier molecular flexibility index (Phi) is 3.27. The third-order valence-electron chi connectivity index (χ3n) is 4.13. The molecule has 0 radical (unpaired) electrons. The molecule has 0 saturated carbocycles. The molecule has 2 aliphatic rings. The first-order valence-corrected chi connectivity index (χ1v) is 6.19. The standard InChI is InChI=1S/C13H23N/c1-3-4-6-12-9-8-11(2)13-7-5-10-14(12)13/h3,11-13H,1,4-10H2,2H3/t11-,12-,13+/m1/s1. The quantitative estimate of drug-likeness (QED) is 0.622. The van der Waals surface area contributed by atoms with Crippen LogP contribution in [-0.4, -0.2) is 23.5 Å². The van der Waals surface area contributed by atoms with E-state index in [9.17, 15) is 0 Å². The molecule has 0 spiro atoms. The Hall–Kier alpha value is -0.300. The third-order valence-corrected chi connectivity index (χ3v) is 4.13. The molecule has 0 bridgehead atoms. The van der Waals surface area contributed by atoms with E-state index in [4.69, 9.17) is 0 Å². The molecular weight excluding hydrogens is 170 g/mol. The van der Waals surface area contributed by atoms with Crippen molar-refractivity contribution in [3.8, 4) is 0 Å². The normalized spacial score (nSPS) is 38.2. The molecule has 0 amide bonds. The van der Waals surface area contributed by atoms with Gasteiger partial charge < -0.3 is 0 Å². The van der Waals surface area contributed by atoms with E-state index in [1.54, 1.807) is 0 Å². The van der Waals surface area contributed by atoms with Gasteiger partial charge in [0.25, 0.3) is 0 Å². The minimum atomic E-state index is 0.872. The van der Waals surface area contributed by atoms with E-state index in [2.05, 4.69) is 24.5 Å². The molecule has 3 atom stereocenters. The lowest BCUT2D eigenvalue weighted by Crippen LogP contribution is -2.46. The molecule has 0 N–H and O–H groups in total. The van der Waals surface area contributed by atoms with E-state index in [1.165, 1.54) is 45.1 Å². The maximum atomic E-state index is 3.83. The summed E-state index contributed by atoms with van der Waals surface area (Å²) in [6.45, 7) is 7.62. The summed E-state index contributed by atoms with van der Waals surface area (Å²) >= 11 is 0. The molecule has 2 rings (SSSR count). The molecule has 2 aliphatic heterocycles. The molecule has 0 aliphatic carbocycles. The minimum Gasteiger partial charge on any atom is -0.297 e. The average molecular weight is 193 g/mol. The van der Waals surface area contributed by atoms with Crippen LogP contribution in [0.1, 0.15) is 45.4 Å². The monoisotopic (exact) mass is 193 g/mol. The molecule has 80 valence electrons. The Balaban J connectivity index is 1.95. The lowest BCUT2D eigenvalue weighted by Gasteiger charge is -2.41. The van der Waals surface area contributed by atoms with E-state index in [0.29, 0.717) is 0 Å². The number of allylic oxidation sites excluding steroid dienone is 1. The number of nitrogens with zero attached hydrogens (tertiary/aromatic N) is 1. The molecule has 0 aromatic carbocycles. The first kappa shape index (κ1) is 10.2. The van der Waals surface area contributed by atoms with Crippen molar-refractivity contribution in [2.75, 3.05) is 6.54 Å². The SMILES string of the molecule is C=CCC[C@@H]1CC[C@@H](C)[C@@H]2CCCN12. The van der Waals surface area contributed by atoms with E-state index in [1.807, 2.05) is 0 Å². The summed E-state index contributed by atoms with van der Waals surface area (Å²) in [6.07, 6.45) is 10.4. The van der Waals surface area contributed by atoms with Gasteiger partial charge >= 0.3 is 0 Å². The molecule has 1 nitrogen and oxygen atoms in total. The van der Waals surface area contributed by atoms with Gasteiger partial charge in [-0.1, -0.05) is 13.0 Å². The lowest BCUT2D eigenvalue weighted by molar-refractivity contribution is 0.0772. The van der Waals surface area contributed by atoms with Gasteiger partial charge in [-0.15, -0.1) is 6.58 Å². The highest BCUT2D eigenvalue weighted by atomic mass is 15.2. The third kappa shape index (κ3) is 1.88. The lowest BCUT2D eigenvalue weighted by atomic mass is 9.86. The first-order valence-electron chi connectivity index (χ1n) is 6.19. The van der Waals surface area contributed by atoms with Crippen molar-refractivity contribution in [1.29, 1.82) is 0 Å². The van der Waals surface area contributed by atoms with Gasteiger partial charge in [0.15, 0.2) is 0 Å². The number of rotatable bonds is 3. The van der Waals surface area contributed by atoms with Gasteiger partial charge in [-0.2, -0.15) is 0 Å². The fourth-order valence-electron chi connectivity index (χ4n) is 3.31. The molecule has 2 heterocycles. The predicted molar refractivity (Wildman–Crippen MR) is 61.3 cm³/mol. The van der Waals surface area contributed by atoms with Crippen LogP contribution in [-0.2, 0) is 0 Å². The van der Waals surface area contributed by atoms with Crippen molar-refractivity contribution in [2.24, 2.45) is 5.92 Å². The fourth-order valence-corrected chi connectivity index (χ4v) is 3.31. The van der Waals surface area contributed by atoms with Crippen molar-refractivity contribution in [1.82, 2.24) is 4.90 Å². The summed E-state index contributed by atoms with van der Waals surface area (Å²) in [5, 5.41) is 0. The van der Waals surface area contributed by atoms with Gasteiger partial charge in [-0.3, -0.25) is 4.90 Å². The summed E-state index contributed by atoms with van der Waals surface area (Å²) in [6, 6.07) is 1.79. The van der Waals surface area contributed by atoms with Crippen LogP contribution in [0.25, 0.3) is 0 Å². The Bertz CT molecular complexity index is 199. The van der Waals surface area contributed by atoms with Gasteiger partial charge in [0.05, 0.1) is 0 Å². The molecule has 0 aromatic heterocycles. The van der Waals surface area contributed by atoms with Gasteiger partial charge in [-0.25, -0.2) is 0 Å². The van der Waals surface area contributed by atoms with Gasteiger partial charge in [-0.05, 0) is 51.0 Å². The second-order valence-electron chi connectivity index (χ2n) is 5.02. The van der Waals surface area contributed by atoms with E-state index in [0.717, 1.165) is 18.0 Å². The number of hydrogen-bond acceptors (Lipinski definition) is 1. The van der Waals surface area contributed by atoms with Crippen LogP contribution < -0.4 is 0 Å². The zero-order valence-electron chi connectivity index (χ0n) is 9.41. The Morgan fingerprint density at radius 2 is 2.21 bits per heavy atom. The highest BCUT2D eigenvalue weighted by molar-refractivity contribution is 4.92. The highest BCUT2D eigenvalue weighted by Gasteiger charge is 2.37. The number of fused-ring (bicyclic) bond motifs is 1. The van der Waals surface area contributed by atoms with E-state index < -0.39 is 0 Å². The zero-order chi connectivity index (χ0) is 9.97. The number of hydrogen-bond donors (Lipinski definition) is 0. The van der Waals surface area contributed by atoms with Crippen LogP contribution in [0.5, 0.6) is 0 Å². The van der Waals surface area contributed by atoms with Crippen molar-refractivity contribution < 1.29 is 0 Å². The maximum Gasteiger partial charge on any atom is 0.0124 e.